The molecule has 0 bridgehead atoms. The van der Waals surface area contributed by atoms with Gasteiger partial charge < -0.3 is 10.1 Å². The third kappa shape index (κ3) is 2.66. The van der Waals surface area contributed by atoms with E-state index in [1.54, 1.807) is 49.6 Å². The summed E-state index contributed by atoms with van der Waals surface area (Å²) in [6.45, 7) is 0. The summed E-state index contributed by atoms with van der Waals surface area (Å²) in [5.41, 5.74) is 0.696. The summed E-state index contributed by atoms with van der Waals surface area (Å²) < 4.78 is 6.57. The number of pyridine rings is 2. The normalized spacial score (nSPS) is 10.5. The van der Waals surface area contributed by atoms with E-state index in [4.69, 9.17) is 4.74 Å². The zero-order chi connectivity index (χ0) is 16.4. The molecule has 0 radical (unpaired) electrons. The van der Waals surface area contributed by atoms with Crippen LogP contribution in [0.2, 0.25) is 0 Å². The Balaban J connectivity index is 2.05. The van der Waals surface area contributed by atoms with Crippen molar-refractivity contribution < 1.29 is 9.53 Å². The SMILES string of the molecule is COc1ccccc1NC(=O)c1cc2cccnc2n(C)c1=O. The van der Waals surface area contributed by atoms with Gasteiger partial charge >= 0.3 is 0 Å². The fourth-order valence-corrected chi connectivity index (χ4v) is 2.40. The lowest BCUT2D eigenvalue weighted by molar-refractivity contribution is 0.102. The highest BCUT2D eigenvalue weighted by Gasteiger charge is 2.16. The van der Waals surface area contributed by atoms with Gasteiger partial charge in [-0.15, -0.1) is 0 Å². The van der Waals surface area contributed by atoms with Crippen LogP contribution in [0.4, 0.5) is 5.69 Å². The fraction of sp³-hybridized carbons (Fsp3) is 0.118. The van der Waals surface area contributed by atoms with E-state index < -0.39 is 11.5 Å². The van der Waals surface area contributed by atoms with Crippen LogP contribution in [0.5, 0.6) is 5.75 Å². The minimum Gasteiger partial charge on any atom is -0.495 e. The zero-order valence-electron chi connectivity index (χ0n) is 12.7. The summed E-state index contributed by atoms with van der Waals surface area (Å²) in [5.74, 6) is 0.0426. The molecule has 0 spiro atoms. The number of benzene rings is 1. The number of anilines is 1. The van der Waals surface area contributed by atoms with Gasteiger partial charge in [-0.05, 0) is 30.3 Å². The van der Waals surface area contributed by atoms with E-state index in [-0.39, 0.29) is 5.56 Å². The van der Waals surface area contributed by atoms with Gasteiger partial charge in [0.05, 0.1) is 12.8 Å². The molecule has 6 heteroatoms. The molecule has 116 valence electrons. The number of nitrogens with zero attached hydrogens (tertiary/aromatic N) is 2. The molecule has 0 aliphatic heterocycles. The smallest absolute Gasteiger partial charge is 0.264 e. The second-order valence-electron chi connectivity index (χ2n) is 4.99. The van der Waals surface area contributed by atoms with Crippen LogP contribution in [0.3, 0.4) is 0 Å². The van der Waals surface area contributed by atoms with Gasteiger partial charge in [0.15, 0.2) is 0 Å². The monoisotopic (exact) mass is 309 g/mol. The molecule has 1 aromatic carbocycles. The number of hydrogen-bond acceptors (Lipinski definition) is 4. The Morgan fingerprint density at radius 2 is 2.00 bits per heavy atom. The summed E-state index contributed by atoms with van der Waals surface area (Å²) >= 11 is 0. The van der Waals surface area contributed by atoms with Crippen molar-refractivity contribution in [3.05, 3.63) is 64.6 Å². The third-order valence-corrected chi connectivity index (χ3v) is 3.57. The van der Waals surface area contributed by atoms with Crippen molar-refractivity contribution >= 4 is 22.6 Å². The number of ether oxygens (including phenoxy) is 1. The van der Waals surface area contributed by atoms with Crippen molar-refractivity contribution in [3.8, 4) is 5.75 Å². The minimum absolute atomic E-state index is 0.0545. The van der Waals surface area contributed by atoms with Gasteiger partial charge in [-0.2, -0.15) is 0 Å². The Bertz CT molecular complexity index is 947. The number of nitrogens with one attached hydrogen (secondary N) is 1. The second kappa shape index (κ2) is 5.92. The van der Waals surface area contributed by atoms with E-state index in [0.29, 0.717) is 17.1 Å². The van der Waals surface area contributed by atoms with Gasteiger partial charge in [-0.25, -0.2) is 4.98 Å². The number of hydrogen-bond donors (Lipinski definition) is 1. The molecule has 2 heterocycles. The maximum Gasteiger partial charge on any atom is 0.264 e. The number of carbonyl (C=O) groups excluding carboxylic acids is 1. The summed E-state index contributed by atoms with van der Waals surface area (Å²) in [4.78, 5) is 29.1. The summed E-state index contributed by atoms with van der Waals surface area (Å²) in [5, 5.41) is 3.43. The molecule has 0 saturated carbocycles. The summed E-state index contributed by atoms with van der Waals surface area (Å²) in [6.07, 6.45) is 1.61. The molecule has 23 heavy (non-hydrogen) atoms. The largest absolute Gasteiger partial charge is 0.495 e. The van der Waals surface area contributed by atoms with Crippen molar-refractivity contribution in [2.75, 3.05) is 12.4 Å². The molecule has 3 aromatic rings. The highest BCUT2D eigenvalue weighted by Crippen LogP contribution is 2.23. The number of para-hydroxylation sites is 2. The van der Waals surface area contributed by atoms with Crippen molar-refractivity contribution in [3.63, 3.8) is 0 Å². The van der Waals surface area contributed by atoms with Crippen molar-refractivity contribution in [2.45, 2.75) is 0 Å². The molecule has 3 rings (SSSR count). The number of carbonyl (C=O) groups is 1. The first-order valence-corrected chi connectivity index (χ1v) is 7.01. The Labute approximate surface area is 132 Å². The molecule has 0 atom stereocenters. The Kier molecular flexibility index (Phi) is 3.80. The van der Waals surface area contributed by atoms with Crippen molar-refractivity contribution in [2.24, 2.45) is 7.05 Å². The van der Waals surface area contributed by atoms with Crippen LogP contribution in [0.1, 0.15) is 10.4 Å². The maximum atomic E-state index is 12.5. The molecule has 0 aliphatic rings. The van der Waals surface area contributed by atoms with Gasteiger partial charge in [-0.1, -0.05) is 12.1 Å². The second-order valence-corrected chi connectivity index (χ2v) is 4.99. The van der Waals surface area contributed by atoms with Gasteiger partial charge in [0, 0.05) is 18.6 Å². The van der Waals surface area contributed by atoms with Gasteiger partial charge in [0.2, 0.25) is 0 Å². The van der Waals surface area contributed by atoms with Crippen LogP contribution in [-0.2, 0) is 7.05 Å². The first kappa shape index (κ1) is 14.8. The zero-order valence-corrected chi connectivity index (χ0v) is 12.7. The van der Waals surface area contributed by atoms with Crippen LogP contribution in [-0.4, -0.2) is 22.6 Å². The lowest BCUT2D eigenvalue weighted by atomic mass is 10.2. The predicted octanol–water partition coefficient (Wildman–Crippen LogP) is 2.19. The first-order chi connectivity index (χ1) is 11.1. The Morgan fingerprint density at radius 1 is 1.22 bits per heavy atom. The lowest BCUT2D eigenvalue weighted by Crippen LogP contribution is -2.28. The molecular weight excluding hydrogens is 294 g/mol. The van der Waals surface area contributed by atoms with E-state index in [1.165, 1.54) is 11.7 Å². The molecule has 2 aromatic heterocycles. The number of aryl methyl sites for hydroxylation is 1. The van der Waals surface area contributed by atoms with E-state index in [0.717, 1.165) is 5.39 Å². The molecule has 6 nitrogen and oxygen atoms in total. The van der Waals surface area contributed by atoms with Crippen LogP contribution >= 0.6 is 0 Å². The predicted molar refractivity (Wildman–Crippen MR) is 87.9 cm³/mol. The minimum atomic E-state index is -0.485. The quantitative estimate of drug-likeness (QED) is 0.805. The third-order valence-electron chi connectivity index (χ3n) is 3.57. The van der Waals surface area contributed by atoms with Crippen LogP contribution in [0.25, 0.3) is 11.0 Å². The maximum absolute atomic E-state index is 12.5. The topological polar surface area (TPSA) is 73.2 Å². The molecule has 1 N–H and O–H groups in total. The Morgan fingerprint density at radius 3 is 2.78 bits per heavy atom. The standard InChI is InChI=1S/C17H15N3O3/c1-20-15-11(6-5-9-18-15)10-12(17(20)22)16(21)19-13-7-3-4-8-14(13)23-2/h3-10H,1-2H3,(H,19,21). The highest BCUT2D eigenvalue weighted by atomic mass is 16.5. The lowest BCUT2D eigenvalue weighted by Gasteiger charge is -2.11. The van der Waals surface area contributed by atoms with Crippen molar-refractivity contribution in [1.82, 2.24) is 9.55 Å². The molecule has 1 amide bonds. The van der Waals surface area contributed by atoms with Crippen LogP contribution in [0.15, 0.2) is 53.5 Å². The van der Waals surface area contributed by atoms with E-state index in [9.17, 15) is 9.59 Å². The number of aromatic nitrogens is 2. The molecule has 0 saturated heterocycles. The van der Waals surface area contributed by atoms with E-state index in [2.05, 4.69) is 10.3 Å². The van der Waals surface area contributed by atoms with Gasteiger partial charge in [0.1, 0.15) is 17.0 Å². The molecule has 0 fully saturated rings. The molecule has 0 unspecified atom stereocenters. The van der Waals surface area contributed by atoms with Crippen LogP contribution in [0, 0.1) is 0 Å². The molecular formula is C17H15N3O3. The van der Waals surface area contributed by atoms with Crippen molar-refractivity contribution in [1.29, 1.82) is 0 Å². The summed E-state index contributed by atoms with van der Waals surface area (Å²) in [6, 6.07) is 12.1. The molecule has 0 aliphatic carbocycles. The number of methoxy groups -OCH3 is 1. The average Bonchev–Trinajstić information content (AvgIpc) is 2.58. The average molecular weight is 309 g/mol. The van der Waals surface area contributed by atoms with E-state index in [1.807, 2.05) is 6.07 Å². The van der Waals surface area contributed by atoms with Gasteiger partial charge in [-0.3, -0.25) is 14.2 Å². The number of rotatable bonds is 3. The number of fused-ring (bicyclic) bond motifs is 1. The summed E-state index contributed by atoms with van der Waals surface area (Å²) in [7, 11) is 3.11. The van der Waals surface area contributed by atoms with Gasteiger partial charge in [0.25, 0.3) is 11.5 Å². The fourth-order valence-electron chi connectivity index (χ4n) is 2.40. The van der Waals surface area contributed by atoms with E-state index >= 15 is 0 Å². The number of amides is 1. The highest BCUT2D eigenvalue weighted by molar-refractivity contribution is 6.06. The first-order valence-electron chi connectivity index (χ1n) is 7.01. The Hall–Kier alpha value is -3.15. The van der Waals surface area contributed by atoms with Crippen LogP contribution < -0.4 is 15.6 Å².